The summed E-state index contributed by atoms with van der Waals surface area (Å²) in [6, 6.07) is 7.69. The van der Waals surface area contributed by atoms with E-state index in [0.29, 0.717) is 18.1 Å². The summed E-state index contributed by atoms with van der Waals surface area (Å²) < 4.78 is 7.38. The zero-order chi connectivity index (χ0) is 16.7. The number of ether oxygens (including phenoxy) is 1. The van der Waals surface area contributed by atoms with Crippen molar-refractivity contribution >= 4 is 17.6 Å². The molecule has 1 heterocycles. The van der Waals surface area contributed by atoms with Crippen LogP contribution in [0.4, 0.5) is 0 Å². The van der Waals surface area contributed by atoms with Gasteiger partial charge in [0.15, 0.2) is 5.96 Å². The van der Waals surface area contributed by atoms with E-state index < -0.39 is 0 Å². The molecule has 0 saturated heterocycles. The third-order valence-electron chi connectivity index (χ3n) is 3.35. The van der Waals surface area contributed by atoms with Gasteiger partial charge in [-0.25, -0.2) is 4.99 Å². The van der Waals surface area contributed by atoms with Crippen molar-refractivity contribution in [2.24, 2.45) is 12.0 Å². The molecule has 0 bridgehead atoms. The number of rotatable bonds is 6. The lowest BCUT2D eigenvalue weighted by Crippen LogP contribution is -2.36. The molecule has 1 aromatic heterocycles. The van der Waals surface area contributed by atoms with E-state index in [1.165, 1.54) is 5.56 Å². The zero-order valence-corrected chi connectivity index (χ0v) is 14.5. The lowest BCUT2D eigenvalue weighted by atomic mass is 10.2. The molecule has 0 aliphatic carbocycles. The fourth-order valence-electron chi connectivity index (χ4n) is 2.21. The number of hydrogen-bond acceptors (Lipinski definition) is 2. The molecule has 6 heteroatoms. The number of guanidine groups is 1. The van der Waals surface area contributed by atoms with Gasteiger partial charge in [-0.2, -0.15) is 0 Å². The standard InChI is InChI=1S/C17H23ClN4O/c1-4-19-17(20-10-13-7-8-22(2)12-13)21-11-14-5-6-15(18)9-16(14)23-3/h5-9,12H,4,10-11H2,1-3H3,(H2,19,20,21). The van der Waals surface area contributed by atoms with E-state index >= 15 is 0 Å². The summed E-state index contributed by atoms with van der Waals surface area (Å²) in [6.45, 7) is 4.09. The van der Waals surface area contributed by atoms with Crippen molar-refractivity contribution in [3.8, 4) is 5.75 Å². The van der Waals surface area contributed by atoms with E-state index in [2.05, 4.69) is 27.9 Å². The van der Waals surface area contributed by atoms with Gasteiger partial charge in [-0.1, -0.05) is 17.7 Å². The van der Waals surface area contributed by atoms with Crippen LogP contribution >= 0.6 is 11.6 Å². The van der Waals surface area contributed by atoms with Gasteiger partial charge in [0.2, 0.25) is 0 Å². The van der Waals surface area contributed by atoms with Gasteiger partial charge in [0.05, 0.1) is 13.7 Å². The molecule has 0 unspecified atom stereocenters. The second-order valence-electron chi connectivity index (χ2n) is 5.19. The number of halogens is 1. The highest BCUT2D eigenvalue weighted by atomic mass is 35.5. The maximum atomic E-state index is 5.99. The van der Waals surface area contributed by atoms with Gasteiger partial charge in [0.1, 0.15) is 5.75 Å². The summed E-state index contributed by atoms with van der Waals surface area (Å²) in [6.07, 6.45) is 4.08. The van der Waals surface area contributed by atoms with E-state index in [4.69, 9.17) is 16.3 Å². The molecule has 0 spiro atoms. The fraction of sp³-hybridized carbons (Fsp3) is 0.353. The lowest BCUT2D eigenvalue weighted by Gasteiger charge is -2.13. The Morgan fingerprint density at radius 2 is 2.13 bits per heavy atom. The van der Waals surface area contributed by atoms with E-state index in [-0.39, 0.29) is 0 Å². The van der Waals surface area contributed by atoms with E-state index in [0.717, 1.165) is 23.8 Å². The van der Waals surface area contributed by atoms with Crippen LogP contribution in [0, 0.1) is 0 Å². The molecule has 23 heavy (non-hydrogen) atoms. The number of methoxy groups -OCH3 is 1. The molecule has 0 atom stereocenters. The first kappa shape index (κ1) is 17.2. The molecule has 124 valence electrons. The molecule has 2 N–H and O–H groups in total. The van der Waals surface area contributed by atoms with Crippen molar-refractivity contribution in [3.05, 3.63) is 52.8 Å². The van der Waals surface area contributed by atoms with Crippen molar-refractivity contribution < 1.29 is 4.74 Å². The largest absolute Gasteiger partial charge is 0.496 e. The van der Waals surface area contributed by atoms with E-state index in [1.54, 1.807) is 7.11 Å². The highest BCUT2D eigenvalue weighted by molar-refractivity contribution is 6.30. The smallest absolute Gasteiger partial charge is 0.191 e. The molecule has 0 saturated carbocycles. The summed E-state index contributed by atoms with van der Waals surface area (Å²) in [5, 5.41) is 7.22. The Kier molecular flexibility index (Phi) is 6.35. The number of aliphatic imine (C=N–C) groups is 1. The molecule has 2 aromatic rings. The highest BCUT2D eigenvalue weighted by Crippen LogP contribution is 2.22. The number of hydrogen-bond donors (Lipinski definition) is 2. The Labute approximate surface area is 142 Å². The van der Waals surface area contributed by atoms with Gasteiger partial charge in [-0.15, -0.1) is 0 Å². The molecule has 5 nitrogen and oxygen atoms in total. The van der Waals surface area contributed by atoms with Gasteiger partial charge < -0.3 is 19.9 Å². The normalized spacial score (nSPS) is 11.4. The van der Waals surface area contributed by atoms with Crippen LogP contribution in [0.25, 0.3) is 0 Å². The van der Waals surface area contributed by atoms with Gasteiger partial charge in [-0.05, 0) is 30.7 Å². The first-order chi connectivity index (χ1) is 11.1. The molecule has 0 fully saturated rings. The third-order valence-corrected chi connectivity index (χ3v) is 3.59. The average molecular weight is 335 g/mol. The molecular formula is C17H23ClN4O. The maximum Gasteiger partial charge on any atom is 0.191 e. The quantitative estimate of drug-likeness (QED) is 0.631. The number of aromatic nitrogens is 1. The molecule has 0 aliphatic heterocycles. The first-order valence-electron chi connectivity index (χ1n) is 7.57. The minimum atomic E-state index is 0.612. The summed E-state index contributed by atoms with van der Waals surface area (Å²) in [5.41, 5.74) is 2.20. The molecule has 0 radical (unpaired) electrons. The summed E-state index contributed by atoms with van der Waals surface area (Å²) >= 11 is 5.99. The zero-order valence-electron chi connectivity index (χ0n) is 13.8. The molecule has 0 aliphatic rings. The third kappa shape index (κ3) is 5.21. The number of benzene rings is 1. The average Bonchev–Trinajstić information content (AvgIpc) is 2.96. The number of aryl methyl sites for hydroxylation is 1. The van der Waals surface area contributed by atoms with Crippen LogP contribution in [-0.4, -0.2) is 24.2 Å². The minimum absolute atomic E-state index is 0.612. The van der Waals surface area contributed by atoms with E-state index in [1.807, 2.05) is 42.9 Å². The molecule has 0 amide bonds. The van der Waals surface area contributed by atoms with Crippen LogP contribution in [0.15, 0.2) is 41.7 Å². The summed E-state index contributed by atoms with van der Waals surface area (Å²) in [4.78, 5) is 4.60. The predicted molar refractivity (Wildman–Crippen MR) is 95.1 cm³/mol. The number of nitrogens with one attached hydrogen (secondary N) is 2. The molecular weight excluding hydrogens is 312 g/mol. The second-order valence-corrected chi connectivity index (χ2v) is 5.63. The van der Waals surface area contributed by atoms with Crippen LogP contribution in [0.5, 0.6) is 5.75 Å². The Hall–Kier alpha value is -2.14. The van der Waals surface area contributed by atoms with Crippen LogP contribution in [0.3, 0.4) is 0 Å². The first-order valence-corrected chi connectivity index (χ1v) is 7.95. The summed E-state index contributed by atoms with van der Waals surface area (Å²) in [7, 11) is 3.65. The Morgan fingerprint density at radius 1 is 1.30 bits per heavy atom. The Balaban J connectivity index is 2.01. The second kappa shape index (κ2) is 8.48. The van der Waals surface area contributed by atoms with E-state index in [9.17, 15) is 0 Å². The topological polar surface area (TPSA) is 50.6 Å². The van der Waals surface area contributed by atoms with Gasteiger partial charge in [-0.3, -0.25) is 0 Å². The lowest BCUT2D eigenvalue weighted by molar-refractivity contribution is 0.409. The van der Waals surface area contributed by atoms with Crippen LogP contribution in [-0.2, 0) is 20.1 Å². The predicted octanol–water partition coefficient (Wildman–Crippen LogP) is 2.94. The molecule has 1 aromatic carbocycles. The monoisotopic (exact) mass is 334 g/mol. The summed E-state index contributed by atoms with van der Waals surface area (Å²) in [5.74, 6) is 1.54. The van der Waals surface area contributed by atoms with Crippen molar-refractivity contribution in [2.75, 3.05) is 13.7 Å². The van der Waals surface area contributed by atoms with Gasteiger partial charge >= 0.3 is 0 Å². The minimum Gasteiger partial charge on any atom is -0.496 e. The van der Waals surface area contributed by atoms with Crippen molar-refractivity contribution in [1.82, 2.24) is 15.2 Å². The van der Waals surface area contributed by atoms with Crippen molar-refractivity contribution in [3.63, 3.8) is 0 Å². The van der Waals surface area contributed by atoms with Gasteiger partial charge in [0.25, 0.3) is 0 Å². The molecule has 2 rings (SSSR count). The maximum absolute atomic E-state index is 5.99. The SMILES string of the molecule is CCNC(=NCc1ccn(C)c1)NCc1ccc(Cl)cc1OC. The Morgan fingerprint density at radius 3 is 2.78 bits per heavy atom. The Bertz CT molecular complexity index is 666. The van der Waals surface area contributed by atoms with Crippen molar-refractivity contribution in [1.29, 1.82) is 0 Å². The highest BCUT2D eigenvalue weighted by Gasteiger charge is 2.05. The van der Waals surface area contributed by atoms with Crippen LogP contribution in [0.1, 0.15) is 18.1 Å². The van der Waals surface area contributed by atoms with Gasteiger partial charge in [0, 0.05) is 43.1 Å². The van der Waals surface area contributed by atoms with Crippen LogP contribution in [0.2, 0.25) is 5.02 Å². The fourth-order valence-corrected chi connectivity index (χ4v) is 2.37. The van der Waals surface area contributed by atoms with Crippen LogP contribution < -0.4 is 15.4 Å². The van der Waals surface area contributed by atoms with Crippen molar-refractivity contribution in [2.45, 2.75) is 20.0 Å². The number of nitrogens with zero attached hydrogens (tertiary/aromatic N) is 2.